The first-order chi connectivity index (χ1) is 7.63. The molecule has 0 fully saturated rings. The summed E-state index contributed by atoms with van der Waals surface area (Å²) in [5.41, 5.74) is 0.669. The predicted octanol–water partition coefficient (Wildman–Crippen LogP) is 2.47. The first-order valence-electron chi connectivity index (χ1n) is 4.59. The highest BCUT2D eigenvalue weighted by atomic mass is 32.2. The Morgan fingerprint density at radius 1 is 1.56 bits per heavy atom. The van der Waals surface area contributed by atoms with Crippen LogP contribution in [-0.4, -0.2) is 18.0 Å². The molecule has 0 aliphatic rings. The quantitative estimate of drug-likeness (QED) is 0.740. The van der Waals surface area contributed by atoms with Gasteiger partial charge in [0.15, 0.2) is 16.7 Å². The summed E-state index contributed by atoms with van der Waals surface area (Å²) in [5, 5.41) is 0.0333. The second kappa shape index (κ2) is 6.19. The molecule has 0 aromatic heterocycles. The van der Waals surface area contributed by atoms with Crippen molar-refractivity contribution in [1.82, 2.24) is 0 Å². The average Bonchev–Trinajstić information content (AvgIpc) is 2.26. The molecule has 16 heavy (non-hydrogen) atoms. The van der Waals surface area contributed by atoms with Crippen molar-refractivity contribution in [1.29, 1.82) is 0 Å². The van der Waals surface area contributed by atoms with E-state index in [4.69, 9.17) is 4.74 Å². The number of methoxy groups -OCH3 is 1. The summed E-state index contributed by atoms with van der Waals surface area (Å²) in [5.74, 6) is 5.85. The van der Waals surface area contributed by atoms with Gasteiger partial charge in [0.2, 0.25) is 0 Å². The van der Waals surface area contributed by atoms with Crippen LogP contribution in [0.1, 0.15) is 12.5 Å². The van der Waals surface area contributed by atoms with Gasteiger partial charge in [0, 0.05) is 12.5 Å². The third-order valence-electron chi connectivity index (χ3n) is 1.73. The largest absolute Gasteiger partial charge is 0.494 e. The molecule has 0 aliphatic heterocycles. The summed E-state index contributed by atoms with van der Waals surface area (Å²) in [6.07, 6.45) is 0. The fourth-order valence-corrected chi connectivity index (χ4v) is 1.36. The molecule has 1 aromatic carbocycles. The molecule has 0 radical (unpaired) electrons. The Kier molecular flexibility index (Phi) is 4.87. The molecule has 84 valence electrons. The minimum absolute atomic E-state index is 0.0333. The minimum atomic E-state index is -0.411. The topological polar surface area (TPSA) is 26.3 Å². The molecule has 2 nitrogen and oxygen atoms in total. The lowest BCUT2D eigenvalue weighted by Crippen LogP contribution is -1.88. The average molecular weight is 238 g/mol. The van der Waals surface area contributed by atoms with E-state index in [0.717, 1.165) is 11.8 Å². The minimum Gasteiger partial charge on any atom is -0.494 e. The number of carbonyl (C=O) groups excluding carboxylic acids is 1. The summed E-state index contributed by atoms with van der Waals surface area (Å²) < 4.78 is 17.9. The molecule has 1 rings (SSSR count). The zero-order chi connectivity index (χ0) is 12.0. The molecule has 0 bridgehead atoms. The Labute approximate surface area is 98.2 Å². The van der Waals surface area contributed by atoms with E-state index in [-0.39, 0.29) is 10.9 Å². The summed E-state index contributed by atoms with van der Waals surface area (Å²) in [7, 11) is 1.40. The second-order valence-corrected chi connectivity index (χ2v) is 4.08. The smallest absolute Gasteiger partial charge is 0.186 e. The van der Waals surface area contributed by atoms with Gasteiger partial charge in [-0.2, -0.15) is 0 Å². The van der Waals surface area contributed by atoms with Crippen LogP contribution in [0.2, 0.25) is 0 Å². The fraction of sp³-hybridized carbons (Fsp3) is 0.250. The van der Waals surface area contributed by atoms with Crippen molar-refractivity contribution in [2.75, 3.05) is 12.9 Å². The van der Waals surface area contributed by atoms with Crippen LogP contribution in [0.4, 0.5) is 4.39 Å². The van der Waals surface area contributed by atoms with Crippen molar-refractivity contribution in [3.8, 4) is 17.6 Å². The predicted molar refractivity (Wildman–Crippen MR) is 63.0 cm³/mol. The van der Waals surface area contributed by atoms with Crippen LogP contribution in [-0.2, 0) is 4.79 Å². The van der Waals surface area contributed by atoms with E-state index in [0.29, 0.717) is 11.3 Å². The van der Waals surface area contributed by atoms with E-state index >= 15 is 0 Å². The molecule has 0 aliphatic carbocycles. The molecule has 0 amide bonds. The number of carbonyl (C=O) groups is 1. The molecule has 0 heterocycles. The van der Waals surface area contributed by atoms with E-state index in [9.17, 15) is 9.18 Å². The Morgan fingerprint density at radius 3 is 2.94 bits per heavy atom. The summed E-state index contributed by atoms with van der Waals surface area (Å²) >= 11 is 1.15. The number of hydrogen-bond acceptors (Lipinski definition) is 3. The number of halogens is 1. The Bertz CT molecular complexity index is 446. The van der Waals surface area contributed by atoms with E-state index in [1.807, 2.05) is 0 Å². The molecule has 0 atom stereocenters. The Morgan fingerprint density at radius 2 is 2.31 bits per heavy atom. The third-order valence-corrected chi connectivity index (χ3v) is 2.43. The number of ether oxygens (including phenoxy) is 1. The van der Waals surface area contributed by atoms with Gasteiger partial charge in [0.25, 0.3) is 0 Å². The molecule has 0 unspecified atom stereocenters. The Hall–Kier alpha value is -1.47. The highest BCUT2D eigenvalue weighted by molar-refractivity contribution is 8.13. The maximum atomic E-state index is 13.0. The van der Waals surface area contributed by atoms with Crippen molar-refractivity contribution in [2.24, 2.45) is 0 Å². The van der Waals surface area contributed by atoms with E-state index < -0.39 is 5.82 Å². The van der Waals surface area contributed by atoms with E-state index in [1.165, 1.54) is 26.2 Å². The summed E-state index contributed by atoms with van der Waals surface area (Å²) in [4.78, 5) is 10.6. The molecular weight excluding hydrogens is 227 g/mol. The van der Waals surface area contributed by atoms with E-state index in [2.05, 4.69) is 11.8 Å². The highest BCUT2D eigenvalue weighted by Crippen LogP contribution is 2.17. The number of hydrogen-bond donors (Lipinski definition) is 0. The van der Waals surface area contributed by atoms with Gasteiger partial charge in [-0.1, -0.05) is 23.6 Å². The van der Waals surface area contributed by atoms with Gasteiger partial charge in [0.1, 0.15) is 0 Å². The van der Waals surface area contributed by atoms with Crippen LogP contribution in [0.25, 0.3) is 0 Å². The lowest BCUT2D eigenvalue weighted by atomic mass is 10.2. The molecule has 0 N–H and O–H groups in total. The Balaban J connectivity index is 2.70. The van der Waals surface area contributed by atoms with Gasteiger partial charge in [-0.3, -0.25) is 4.79 Å². The monoisotopic (exact) mass is 238 g/mol. The van der Waals surface area contributed by atoms with Crippen molar-refractivity contribution in [2.45, 2.75) is 6.92 Å². The van der Waals surface area contributed by atoms with Crippen molar-refractivity contribution < 1.29 is 13.9 Å². The summed E-state index contributed by atoms with van der Waals surface area (Å²) in [6, 6.07) is 4.41. The van der Waals surface area contributed by atoms with Gasteiger partial charge in [-0.25, -0.2) is 4.39 Å². The van der Waals surface area contributed by atoms with Crippen molar-refractivity contribution >= 4 is 16.9 Å². The van der Waals surface area contributed by atoms with Crippen molar-refractivity contribution in [3.63, 3.8) is 0 Å². The molecule has 0 saturated carbocycles. The van der Waals surface area contributed by atoms with Crippen molar-refractivity contribution in [3.05, 3.63) is 29.6 Å². The zero-order valence-corrected chi connectivity index (χ0v) is 9.86. The normalized spacial score (nSPS) is 9.19. The van der Waals surface area contributed by atoms with E-state index in [1.54, 1.807) is 6.07 Å². The van der Waals surface area contributed by atoms with Gasteiger partial charge in [0.05, 0.1) is 12.9 Å². The molecular formula is C12H11FO2S. The second-order valence-electron chi connectivity index (χ2n) is 2.93. The molecule has 0 saturated heterocycles. The van der Waals surface area contributed by atoms with Crippen LogP contribution in [0.15, 0.2) is 18.2 Å². The van der Waals surface area contributed by atoms with Gasteiger partial charge in [-0.05, 0) is 18.2 Å². The third kappa shape index (κ3) is 3.95. The maximum absolute atomic E-state index is 13.0. The van der Waals surface area contributed by atoms with Gasteiger partial charge in [-0.15, -0.1) is 0 Å². The number of thioether (sulfide) groups is 1. The lowest BCUT2D eigenvalue weighted by Gasteiger charge is -2.00. The fourth-order valence-electron chi connectivity index (χ4n) is 1.01. The highest BCUT2D eigenvalue weighted by Gasteiger charge is 2.01. The SMILES string of the molecule is COc1cc(C#CCSC(C)=O)ccc1F. The molecule has 1 aromatic rings. The molecule has 0 spiro atoms. The van der Waals surface area contributed by atoms with Crippen LogP contribution in [0, 0.1) is 17.7 Å². The van der Waals surface area contributed by atoms with Crippen LogP contribution < -0.4 is 4.74 Å². The first-order valence-corrected chi connectivity index (χ1v) is 5.58. The standard InChI is InChI=1S/C12H11FO2S/c1-9(14)16-7-3-4-10-5-6-11(13)12(8-10)15-2/h5-6,8H,7H2,1-2H3. The van der Waals surface area contributed by atoms with Gasteiger partial charge < -0.3 is 4.74 Å². The lowest BCUT2D eigenvalue weighted by molar-refractivity contribution is -0.109. The maximum Gasteiger partial charge on any atom is 0.186 e. The number of rotatable bonds is 2. The first kappa shape index (κ1) is 12.6. The van der Waals surface area contributed by atoms with Crippen LogP contribution in [0.3, 0.4) is 0 Å². The van der Waals surface area contributed by atoms with Crippen LogP contribution >= 0.6 is 11.8 Å². The molecule has 4 heteroatoms. The summed E-state index contributed by atoms with van der Waals surface area (Å²) in [6.45, 7) is 1.49. The van der Waals surface area contributed by atoms with Gasteiger partial charge >= 0.3 is 0 Å². The zero-order valence-electron chi connectivity index (χ0n) is 9.04. The van der Waals surface area contributed by atoms with Crippen LogP contribution in [0.5, 0.6) is 5.75 Å². The number of benzene rings is 1.